The monoisotopic (exact) mass is 341 g/mol. The molecule has 112 valence electrons. The van der Waals surface area contributed by atoms with Crippen LogP contribution in [0.15, 0.2) is 28.7 Å². The highest BCUT2D eigenvalue weighted by Crippen LogP contribution is 2.38. The Morgan fingerprint density at radius 3 is 3.00 bits per heavy atom. The lowest BCUT2D eigenvalue weighted by atomic mass is 9.76. The van der Waals surface area contributed by atoms with Gasteiger partial charge >= 0.3 is 0 Å². The third-order valence-corrected chi connectivity index (χ3v) is 4.73. The molecule has 1 N–H and O–H groups in total. The van der Waals surface area contributed by atoms with Crippen LogP contribution in [0.2, 0.25) is 0 Å². The highest BCUT2D eigenvalue weighted by molar-refractivity contribution is 9.10. The molecule has 0 radical (unpaired) electrons. The summed E-state index contributed by atoms with van der Waals surface area (Å²) < 4.78 is 12.1. The van der Waals surface area contributed by atoms with Crippen LogP contribution in [0.4, 0.5) is 0 Å². The molecule has 1 aliphatic heterocycles. The van der Waals surface area contributed by atoms with Gasteiger partial charge < -0.3 is 14.8 Å². The van der Waals surface area contributed by atoms with Crippen LogP contribution >= 0.6 is 15.9 Å². The predicted octanol–water partition coefficient (Wildman–Crippen LogP) is 3.02. The van der Waals surface area contributed by atoms with Gasteiger partial charge in [0, 0.05) is 36.7 Å². The van der Waals surface area contributed by atoms with E-state index in [2.05, 4.69) is 52.4 Å². The van der Waals surface area contributed by atoms with E-state index in [0.29, 0.717) is 0 Å². The van der Waals surface area contributed by atoms with E-state index in [9.17, 15) is 0 Å². The standard InChI is InChI=1S/C16H24BrNO2/c1-13-16(6-8-20-13,12-18-7-9-19-2)11-14-4-3-5-15(17)10-14/h3-5,10,13,18H,6-9,11-12H2,1-2H3. The highest BCUT2D eigenvalue weighted by Gasteiger charge is 2.41. The Labute approximate surface area is 130 Å². The van der Waals surface area contributed by atoms with E-state index < -0.39 is 0 Å². The molecule has 2 rings (SSSR count). The van der Waals surface area contributed by atoms with Crippen molar-refractivity contribution in [3.63, 3.8) is 0 Å². The third-order valence-electron chi connectivity index (χ3n) is 4.24. The average Bonchev–Trinajstić information content (AvgIpc) is 2.77. The van der Waals surface area contributed by atoms with Crippen molar-refractivity contribution in [3.8, 4) is 0 Å². The minimum Gasteiger partial charge on any atom is -0.383 e. The second-order valence-corrected chi connectivity index (χ2v) is 6.52. The fourth-order valence-corrected chi connectivity index (χ4v) is 3.36. The maximum atomic E-state index is 5.85. The van der Waals surface area contributed by atoms with Crippen molar-refractivity contribution in [2.75, 3.05) is 33.4 Å². The summed E-state index contributed by atoms with van der Waals surface area (Å²) in [4.78, 5) is 0. The molecule has 2 unspecified atom stereocenters. The van der Waals surface area contributed by atoms with Gasteiger partial charge in [0.1, 0.15) is 0 Å². The van der Waals surface area contributed by atoms with Crippen LogP contribution in [-0.2, 0) is 15.9 Å². The smallest absolute Gasteiger partial charge is 0.0619 e. The Bertz CT molecular complexity index is 427. The number of nitrogens with one attached hydrogen (secondary N) is 1. The summed E-state index contributed by atoms with van der Waals surface area (Å²) in [5.74, 6) is 0. The Balaban J connectivity index is 2.03. The molecule has 0 saturated carbocycles. The first-order valence-electron chi connectivity index (χ1n) is 7.22. The molecule has 1 fully saturated rings. The molecule has 1 aliphatic rings. The summed E-state index contributed by atoms with van der Waals surface area (Å²) in [6.07, 6.45) is 2.45. The van der Waals surface area contributed by atoms with Crippen molar-refractivity contribution < 1.29 is 9.47 Å². The van der Waals surface area contributed by atoms with Crippen molar-refractivity contribution in [1.82, 2.24) is 5.32 Å². The van der Waals surface area contributed by atoms with Gasteiger partial charge in [-0.05, 0) is 37.5 Å². The maximum absolute atomic E-state index is 5.85. The van der Waals surface area contributed by atoms with Crippen LogP contribution in [0.1, 0.15) is 18.9 Å². The second-order valence-electron chi connectivity index (χ2n) is 5.60. The van der Waals surface area contributed by atoms with Gasteiger partial charge in [-0.15, -0.1) is 0 Å². The van der Waals surface area contributed by atoms with Crippen LogP contribution in [0, 0.1) is 5.41 Å². The molecule has 0 amide bonds. The van der Waals surface area contributed by atoms with Crippen molar-refractivity contribution in [3.05, 3.63) is 34.3 Å². The molecule has 1 saturated heterocycles. The lowest BCUT2D eigenvalue weighted by Gasteiger charge is -2.33. The van der Waals surface area contributed by atoms with Crippen LogP contribution < -0.4 is 5.32 Å². The van der Waals surface area contributed by atoms with Crippen LogP contribution in [-0.4, -0.2) is 39.5 Å². The van der Waals surface area contributed by atoms with Gasteiger partial charge in [0.2, 0.25) is 0 Å². The summed E-state index contributed by atoms with van der Waals surface area (Å²) in [5, 5.41) is 3.52. The number of ether oxygens (including phenoxy) is 2. The molecule has 0 bridgehead atoms. The average molecular weight is 342 g/mol. The molecule has 1 aromatic carbocycles. The van der Waals surface area contributed by atoms with Gasteiger partial charge in [0.15, 0.2) is 0 Å². The molecular weight excluding hydrogens is 318 g/mol. The first kappa shape index (κ1) is 16.0. The van der Waals surface area contributed by atoms with Crippen LogP contribution in [0.5, 0.6) is 0 Å². The fourth-order valence-electron chi connectivity index (χ4n) is 2.91. The van der Waals surface area contributed by atoms with Gasteiger partial charge in [0.25, 0.3) is 0 Å². The lowest BCUT2D eigenvalue weighted by Crippen LogP contribution is -2.42. The van der Waals surface area contributed by atoms with Crippen LogP contribution in [0.25, 0.3) is 0 Å². The summed E-state index contributed by atoms with van der Waals surface area (Å²) in [6.45, 7) is 5.68. The van der Waals surface area contributed by atoms with Crippen molar-refractivity contribution in [2.45, 2.75) is 25.9 Å². The quantitative estimate of drug-likeness (QED) is 0.773. The van der Waals surface area contributed by atoms with Gasteiger partial charge in [-0.2, -0.15) is 0 Å². The number of hydrogen-bond acceptors (Lipinski definition) is 3. The zero-order chi connectivity index (χ0) is 14.4. The number of methoxy groups -OCH3 is 1. The summed E-state index contributed by atoms with van der Waals surface area (Å²) in [7, 11) is 1.74. The Hall–Kier alpha value is -0.420. The van der Waals surface area contributed by atoms with E-state index in [1.807, 2.05) is 0 Å². The maximum Gasteiger partial charge on any atom is 0.0619 e. The van der Waals surface area contributed by atoms with E-state index in [1.54, 1.807) is 7.11 Å². The van der Waals surface area contributed by atoms with Gasteiger partial charge in [-0.1, -0.05) is 28.1 Å². The van der Waals surface area contributed by atoms with E-state index >= 15 is 0 Å². The normalized spacial score (nSPS) is 26.1. The molecule has 1 aromatic rings. The molecule has 4 heteroatoms. The van der Waals surface area contributed by atoms with Crippen molar-refractivity contribution >= 4 is 15.9 Å². The topological polar surface area (TPSA) is 30.5 Å². The molecule has 20 heavy (non-hydrogen) atoms. The van der Waals surface area contributed by atoms with E-state index in [4.69, 9.17) is 9.47 Å². The Kier molecular flexibility index (Phi) is 6.02. The SMILES string of the molecule is COCCNCC1(Cc2cccc(Br)c2)CCOC1C. The van der Waals surface area contributed by atoms with Gasteiger partial charge in [-0.3, -0.25) is 0 Å². The van der Waals surface area contributed by atoms with Crippen LogP contribution in [0.3, 0.4) is 0 Å². The predicted molar refractivity (Wildman–Crippen MR) is 85.1 cm³/mol. The third kappa shape index (κ3) is 4.04. The minimum atomic E-state index is 0.189. The first-order valence-corrected chi connectivity index (χ1v) is 8.01. The molecule has 1 heterocycles. The Morgan fingerprint density at radius 2 is 2.35 bits per heavy atom. The molecule has 3 nitrogen and oxygen atoms in total. The minimum absolute atomic E-state index is 0.189. The second kappa shape index (κ2) is 7.55. The number of rotatable bonds is 7. The van der Waals surface area contributed by atoms with E-state index in [-0.39, 0.29) is 11.5 Å². The van der Waals surface area contributed by atoms with E-state index in [1.165, 1.54) is 5.56 Å². The van der Waals surface area contributed by atoms with Gasteiger partial charge in [-0.25, -0.2) is 0 Å². The number of halogens is 1. The summed E-state index contributed by atoms with van der Waals surface area (Å²) in [5.41, 5.74) is 1.56. The number of benzene rings is 1. The zero-order valence-corrected chi connectivity index (χ0v) is 13.9. The first-order chi connectivity index (χ1) is 9.66. The van der Waals surface area contributed by atoms with Crippen molar-refractivity contribution in [2.24, 2.45) is 5.41 Å². The Morgan fingerprint density at radius 1 is 1.50 bits per heavy atom. The van der Waals surface area contributed by atoms with Gasteiger partial charge in [0.05, 0.1) is 12.7 Å². The van der Waals surface area contributed by atoms with E-state index in [0.717, 1.165) is 43.6 Å². The highest BCUT2D eigenvalue weighted by atomic mass is 79.9. The largest absolute Gasteiger partial charge is 0.383 e. The fraction of sp³-hybridized carbons (Fsp3) is 0.625. The summed E-state index contributed by atoms with van der Waals surface area (Å²) >= 11 is 3.55. The molecule has 0 spiro atoms. The van der Waals surface area contributed by atoms with Crippen molar-refractivity contribution in [1.29, 1.82) is 0 Å². The molecular formula is C16H24BrNO2. The summed E-state index contributed by atoms with van der Waals surface area (Å²) in [6, 6.07) is 8.59. The number of hydrogen-bond donors (Lipinski definition) is 1. The molecule has 0 aliphatic carbocycles. The lowest BCUT2D eigenvalue weighted by molar-refractivity contribution is 0.0619. The molecule has 2 atom stereocenters. The zero-order valence-electron chi connectivity index (χ0n) is 12.3. The molecule has 0 aromatic heterocycles.